The molecule has 0 unspecified atom stereocenters. The van der Waals surface area contributed by atoms with Gasteiger partial charge in [-0.1, -0.05) is 35.9 Å². The molecule has 9 nitrogen and oxygen atoms in total. The lowest BCUT2D eigenvalue weighted by Gasteiger charge is -2.33. The van der Waals surface area contributed by atoms with Gasteiger partial charge in [0.25, 0.3) is 11.6 Å². The number of anilines is 1. The molecule has 1 aliphatic heterocycles. The second-order valence-corrected chi connectivity index (χ2v) is 7.61. The van der Waals surface area contributed by atoms with Gasteiger partial charge in [0.15, 0.2) is 0 Å². The zero-order valence-corrected chi connectivity index (χ0v) is 16.4. The molecule has 2 N–H and O–H groups in total. The number of fused-ring (bicyclic) bond motifs is 2. The number of aryl methyl sites for hydroxylation is 1. The minimum absolute atomic E-state index is 0.0284. The number of nitrogens with zero attached hydrogens (tertiary/aromatic N) is 2. The Labute approximate surface area is 176 Å². The second-order valence-electron chi connectivity index (χ2n) is 7.21. The third kappa shape index (κ3) is 3.26. The highest BCUT2D eigenvalue weighted by molar-refractivity contribution is 6.33. The van der Waals surface area contributed by atoms with Crippen molar-refractivity contribution < 1.29 is 19.3 Å². The van der Waals surface area contributed by atoms with Crippen molar-refractivity contribution in [2.45, 2.75) is 24.8 Å². The van der Waals surface area contributed by atoms with Gasteiger partial charge in [0.1, 0.15) is 12.1 Å². The Hall–Kier alpha value is -3.46. The summed E-state index contributed by atoms with van der Waals surface area (Å²) in [6.45, 7) is -0.534. The molecule has 1 atom stereocenters. The van der Waals surface area contributed by atoms with E-state index < -0.39 is 34.9 Å². The lowest BCUT2D eigenvalue weighted by molar-refractivity contribution is -0.384. The molecule has 1 aliphatic carbocycles. The lowest BCUT2D eigenvalue weighted by atomic mass is 9.76. The molecule has 0 bridgehead atoms. The van der Waals surface area contributed by atoms with Crippen LogP contribution in [0.15, 0.2) is 42.5 Å². The van der Waals surface area contributed by atoms with Crippen LogP contribution in [0.2, 0.25) is 5.02 Å². The minimum atomic E-state index is -1.17. The molecule has 4 amide bonds. The van der Waals surface area contributed by atoms with Crippen molar-refractivity contribution >= 4 is 40.8 Å². The van der Waals surface area contributed by atoms with E-state index in [-0.39, 0.29) is 16.4 Å². The molecule has 0 saturated carbocycles. The first kappa shape index (κ1) is 19.8. The van der Waals surface area contributed by atoms with Crippen molar-refractivity contribution in [3.8, 4) is 0 Å². The van der Waals surface area contributed by atoms with Crippen LogP contribution in [0, 0.1) is 10.1 Å². The van der Waals surface area contributed by atoms with Crippen LogP contribution < -0.4 is 10.6 Å². The summed E-state index contributed by atoms with van der Waals surface area (Å²) in [5.41, 5.74) is 0.351. The van der Waals surface area contributed by atoms with Gasteiger partial charge in [-0.25, -0.2) is 4.79 Å². The van der Waals surface area contributed by atoms with Crippen LogP contribution in [-0.4, -0.2) is 34.2 Å². The third-order valence-electron chi connectivity index (χ3n) is 5.39. The van der Waals surface area contributed by atoms with Gasteiger partial charge in [-0.2, -0.15) is 0 Å². The molecule has 30 heavy (non-hydrogen) atoms. The van der Waals surface area contributed by atoms with Crippen LogP contribution in [-0.2, 0) is 21.5 Å². The summed E-state index contributed by atoms with van der Waals surface area (Å²) in [6, 6.07) is 10.4. The van der Waals surface area contributed by atoms with Gasteiger partial charge in [-0.3, -0.25) is 24.6 Å². The smallest absolute Gasteiger partial charge is 0.323 e. The number of benzene rings is 2. The van der Waals surface area contributed by atoms with E-state index in [0.29, 0.717) is 6.42 Å². The van der Waals surface area contributed by atoms with E-state index in [1.807, 2.05) is 24.3 Å². The van der Waals surface area contributed by atoms with Gasteiger partial charge in [-0.15, -0.1) is 0 Å². The lowest BCUT2D eigenvalue weighted by Crippen LogP contribution is -2.47. The van der Waals surface area contributed by atoms with Crippen LogP contribution in [0.25, 0.3) is 0 Å². The molecule has 1 fully saturated rings. The van der Waals surface area contributed by atoms with Crippen molar-refractivity contribution in [1.82, 2.24) is 10.2 Å². The number of rotatable bonds is 4. The third-order valence-corrected chi connectivity index (χ3v) is 5.72. The number of halogens is 1. The largest absolute Gasteiger partial charge is 0.325 e. The van der Waals surface area contributed by atoms with Crippen molar-refractivity contribution in [1.29, 1.82) is 0 Å². The van der Waals surface area contributed by atoms with Gasteiger partial charge < -0.3 is 10.6 Å². The average Bonchev–Trinajstić information content (AvgIpc) is 2.94. The highest BCUT2D eigenvalue weighted by atomic mass is 35.5. The maximum absolute atomic E-state index is 13.2. The molecule has 1 saturated heterocycles. The number of hydrogen-bond acceptors (Lipinski definition) is 5. The first-order chi connectivity index (χ1) is 14.3. The maximum atomic E-state index is 13.2. The standard InChI is InChI=1S/C20H17ClN4O5/c21-15-8-7-13(25(29)30)10-16(15)22-17(26)11-24-18(27)20(23-19(24)28)9-3-5-12-4-1-2-6-14(12)20/h1-2,4,6-8,10H,3,5,9,11H2,(H,22,26)(H,23,28)/t20-/m0/s1. The van der Waals surface area contributed by atoms with E-state index in [0.717, 1.165) is 34.9 Å². The number of hydrogen-bond donors (Lipinski definition) is 2. The van der Waals surface area contributed by atoms with E-state index >= 15 is 0 Å². The topological polar surface area (TPSA) is 122 Å². The molecule has 2 aromatic rings. The quantitative estimate of drug-likeness (QED) is 0.440. The van der Waals surface area contributed by atoms with Gasteiger partial charge in [0.2, 0.25) is 5.91 Å². The summed E-state index contributed by atoms with van der Waals surface area (Å²) < 4.78 is 0. The molecule has 0 aromatic heterocycles. The number of nitro benzene ring substituents is 1. The molecule has 1 heterocycles. The van der Waals surface area contributed by atoms with E-state index in [4.69, 9.17) is 11.6 Å². The number of nitrogens with one attached hydrogen (secondary N) is 2. The first-order valence-electron chi connectivity index (χ1n) is 9.28. The van der Waals surface area contributed by atoms with E-state index in [1.54, 1.807) is 0 Å². The second kappa shape index (κ2) is 7.42. The normalized spacial score (nSPS) is 20.1. The average molecular weight is 429 g/mol. The van der Waals surface area contributed by atoms with Crippen LogP contribution in [0.1, 0.15) is 24.0 Å². The van der Waals surface area contributed by atoms with Crippen LogP contribution in [0.5, 0.6) is 0 Å². The molecule has 1 spiro atoms. The van der Waals surface area contributed by atoms with Gasteiger partial charge in [0.05, 0.1) is 15.6 Å². The summed E-state index contributed by atoms with van der Waals surface area (Å²) in [5, 5.41) is 16.2. The molecule has 154 valence electrons. The van der Waals surface area contributed by atoms with E-state index in [9.17, 15) is 24.5 Å². The summed E-state index contributed by atoms with van der Waals surface area (Å²) in [5.74, 6) is -1.18. The number of imide groups is 1. The fourth-order valence-electron chi connectivity index (χ4n) is 4.01. The summed E-state index contributed by atoms with van der Waals surface area (Å²) in [6.07, 6.45) is 1.99. The maximum Gasteiger partial charge on any atom is 0.325 e. The molecule has 2 aliphatic rings. The van der Waals surface area contributed by atoms with Gasteiger partial charge >= 0.3 is 6.03 Å². The van der Waals surface area contributed by atoms with Gasteiger partial charge in [0, 0.05) is 12.1 Å². The van der Waals surface area contributed by atoms with Crippen LogP contribution in [0.3, 0.4) is 0 Å². The van der Waals surface area contributed by atoms with E-state index in [1.165, 1.54) is 12.1 Å². The fraction of sp³-hybridized carbons (Fsp3) is 0.250. The van der Waals surface area contributed by atoms with Crippen LogP contribution >= 0.6 is 11.6 Å². The van der Waals surface area contributed by atoms with Crippen molar-refractivity contribution in [2.24, 2.45) is 0 Å². The Morgan fingerprint density at radius 1 is 1.27 bits per heavy atom. The SMILES string of the molecule is O=C(CN1C(=O)N[C@]2(CCCc3ccccc32)C1=O)Nc1cc([N+](=O)[O-])ccc1Cl. The Morgan fingerprint density at radius 3 is 2.80 bits per heavy atom. The minimum Gasteiger partial charge on any atom is -0.323 e. The number of urea groups is 1. The first-order valence-corrected chi connectivity index (χ1v) is 9.66. The number of carbonyl (C=O) groups is 3. The van der Waals surface area contributed by atoms with Crippen molar-refractivity contribution in [3.63, 3.8) is 0 Å². The molecule has 0 radical (unpaired) electrons. The molecule has 10 heteroatoms. The predicted molar refractivity (Wildman–Crippen MR) is 108 cm³/mol. The number of nitro groups is 1. The van der Waals surface area contributed by atoms with Crippen molar-refractivity contribution in [3.05, 3.63) is 68.7 Å². The zero-order valence-electron chi connectivity index (χ0n) is 15.7. The Bertz CT molecular complexity index is 1090. The predicted octanol–water partition coefficient (Wildman–Crippen LogP) is 2.97. The monoisotopic (exact) mass is 428 g/mol. The fourth-order valence-corrected chi connectivity index (χ4v) is 4.18. The zero-order chi connectivity index (χ0) is 21.5. The Kier molecular flexibility index (Phi) is 4.90. The highest BCUT2D eigenvalue weighted by Crippen LogP contribution is 2.39. The Morgan fingerprint density at radius 2 is 2.03 bits per heavy atom. The molecular weight excluding hydrogens is 412 g/mol. The van der Waals surface area contributed by atoms with Crippen molar-refractivity contribution in [2.75, 3.05) is 11.9 Å². The number of carbonyl (C=O) groups excluding carboxylic acids is 3. The Balaban J connectivity index is 1.55. The number of amides is 4. The number of non-ortho nitro benzene ring substituents is 1. The molecule has 2 aromatic carbocycles. The van der Waals surface area contributed by atoms with Crippen LogP contribution in [0.4, 0.5) is 16.2 Å². The van der Waals surface area contributed by atoms with E-state index in [2.05, 4.69) is 10.6 Å². The summed E-state index contributed by atoms with van der Waals surface area (Å²) in [7, 11) is 0. The highest BCUT2D eigenvalue weighted by Gasteiger charge is 2.54. The molecular formula is C20H17ClN4O5. The van der Waals surface area contributed by atoms with Gasteiger partial charge in [-0.05, 0) is 36.5 Å². The summed E-state index contributed by atoms with van der Waals surface area (Å²) >= 11 is 5.99. The molecule has 4 rings (SSSR count). The summed E-state index contributed by atoms with van der Waals surface area (Å²) in [4.78, 5) is 49.4.